The first-order valence-corrected chi connectivity index (χ1v) is 4.72. The van der Waals surface area contributed by atoms with Gasteiger partial charge in [0.15, 0.2) is 0 Å². The minimum absolute atomic E-state index is 0. The van der Waals surface area contributed by atoms with Gasteiger partial charge in [0.05, 0.1) is 5.56 Å². The van der Waals surface area contributed by atoms with Gasteiger partial charge in [0, 0.05) is 103 Å². The van der Waals surface area contributed by atoms with Crippen molar-refractivity contribution in [2.24, 2.45) is 0 Å². The summed E-state index contributed by atoms with van der Waals surface area (Å²) in [5.74, 6) is -2.69. The van der Waals surface area contributed by atoms with E-state index in [1.165, 1.54) is 30.3 Å². The minimum Gasteiger partial charge on any atom is -0.507 e. The van der Waals surface area contributed by atoms with Gasteiger partial charge in [0.25, 0.3) is 0 Å². The Morgan fingerprint density at radius 1 is 0.842 bits per heavy atom. The molecule has 0 unspecified atom stereocenters. The van der Waals surface area contributed by atoms with Crippen molar-refractivity contribution in [3.8, 4) is 5.75 Å². The summed E-state index contributed by atoms with van der Waals surface area (Å²) in [5.41, 5.74) is -0.181. The number of carbonyl (C=O) groups is 2. The third-order valence-electron chi connectivity index (χ3n) is 2.43. The third-order valence-corrected chi connectivity index (χ3v) is 2.43. The minimum atomic E-state index is -1.26. The average Bonchev–Trinajstić information content (AvgIpc) is 2.27. The van der Waals surface area contributed by atoms with Gasteiger partial charge in [-0.25, -0.2) is 9.59 Å². The average molecular weight is 310 g/mol. The van der Waals surface area contributed by atoms with E-state index in [9.17, 15) is 14.7 Å². The van der Waals surface area contributed by atoms with E-state index >= 15 is 0 Å². The molecule has 0 aliphatic heterocycles. The molecule has 19 heavy (non-hydrogen) atoms. The number of phenols is 1. The van der Waals surface area contributed by atoms with E-state index in [1.807, 2.05) is 0 Å². The maximum atomic E-state index is 10.8. The molecule has 0 atom stereocenters. The first-order valence-electron chi connectivity index (χ1n) is 4.72. The zero-order valence-electron chi connectivity index (χ0n) is 10.5. The summed E-state index contributed by atoms with van der Waals surface area (Å²) in [7, 11) is 0. The van der Waals surface area contributed by atoms with E-state index in [1.54, 1.807) is 0 Å². The Morgan fingerprint density at radius 2 is 1.47 bits per heavy atom. The Kier molecular flexibility index (Phi) is 8.54. The number of hydrogen-bond acceptors (Lipinski definition) is 3. The van der Waals surface area contributed by atoms with E-state index in [2.05, 4.69) is 0 Å². The Labute approximate surface area is 193 Å². The maximum Gasteiger partial charge on any atom is 0.339 e. The summed E-state index contributed by atoms with van der Waals surface area (Å²) in [6, 6.07) is 6.82. The molecule has 0 spiro atoms. The predicted octanol–water partition coefficient (Wildman–Crippen LogP) is 1.18. The number of rotatable bonds is 2. The van der Waals surface area contributed by atoms with Crippen LogP contribution in [0.5, 0.6) is 5.75 Å². The molecule has 0 amide bonds. The molecule has 0 aliphatic rings. The van der Waals surface area contributed by atoms with Crippen LogP contribution in [0.25, 0.3) is 10.8 Å². The second kappa shape index (κ2) is 8.23. The number of carboxylic acid groups (broad SMARTS) is 2. The Bertz CT molecular complexity index is 639. The van der Waals surface area contributed by atoms with Crippen LogP contribution in [0.4, 0.5) is 0 Å². The molecule has 2 aromatic carbocycles. The van der Waals surface area contributed by atoms with E-state index < -0.39 is 11.9 Å². The SMILES string of the molecule is O=C(O)c1ccc2cc(O)c(C(=O)O)cc2c1.[K].[K]. The fourth-order valence-corrected chi connectivity index (χ4v) is 1.59. The summed E-state index contributed by atoms with van der Waals surface area (Å²) in [4.78, 5) is 21.6. The number of fused-ring (bicyclic) bond motifs is 1. The van der Waals surface area contributed by atoms with Gasteiger partial charge in [0.2, 0.25) is 0 Å². The van der Waals surface area contributed by atoms with E-state index in [4.69, 9.17) is 10.2 Å². The smallest absolute Gasteiger partial charge is 0.339 e. The van der Waals surface area contributed by atoms with Crippen LogP contribution >= 0.6 is 0 Å². The monoisotopic (exact) mass is 310 g/mol. The van der Waals surface area contributed by atoms with Gasteiger partial charge >= 0.3 is 11.9 Å². The van der Waals surface area contributed by atoms with Crippen LogP contribution in [0.3, 0.4) is 0 Å². The first kappa shape index (κ1) is 19.7. The fraction of sp³-hybridized carbons (Fsp3) is 0. The molecule has 2 rings (SSSR count). The summed E-state index contributed by atoms with van der Waals surface area (Å²) in [6.45, 7) is 0. The van der Waals surface area contributed by atoms with Crippen LogP contribution < -0.4 is 0 Å². The van der Waals surface area contributed by atoms with Gasteiger partial charge < -0.3 is 15.3 Å². The standard InChI is InChI=1S/C12H8O5.2K/c13-10-5-6-1-2-7(11(14)15)3-8(6)4-9(10)12(16)17;;/h1-5,13H,(H,14,15)(H,16,17);;. The van der Waals surface area contributed by atoms with Crippen LogP contribution in [0.1, 0.15) is 20.7 Å². The Balaban J connectivity index is 0.00000162. The van der Waals surface area contributed by atoms with Crippen molar-refractivity contribution in [1.29, 1.82) is 0 Å². The van der Waals surface area contributed by atoms with Crippen molar-refractivity contribution in [3.05, 3.63) is 41.5 Å². The summed E-state index contributed by atoms with van der Waals surface area (Å²) in [5, 5.41) is 28.1. The maximum absolute atomic E-state index is 10.8. The number of aromatic hydroxyl groups is 1. The fourth-order valence-electron chi connectivity index (χ4n) is 1.59. The molecule has 7 heteroatoms. The molecule has 0 saturated carbocycles. The van der Waals surface area contributed by atoms with Crippen molar-refractivity contribution in [3.63, 3.8) is 0 Å². The van der Waals surface area contributed by atoms with Gasteiger partial charge in [-0.3, -0.25) is 0 Å². The summed E-state index contributed by atoms with van der Waals surface area (Å²) in [6.07, 6.45) is 0. The summed E-state index contributed by atoms with van der Waals surface area (Å²) >= 11 is 0. The first-order chi connectivity index (χ1) is 7.99. The molecule has 0 aliphatic carbocycles. The molecule has 88 valence electrons. The van der Waals surface area contributed by atoms with Crippen molar-refractivity contribution in [2.75, 3.05) is 0 Å². The molecule has 3 N–H and O–H groups in total. The Hall–Kier alpha value is 0.713. The van der Waals surface area contributed by atoms with Crippen molar-refractivity contribution in [1.82, 2.24) is 0 Å². The molecule has 2 aromatic rings. The van der Waals surface area contributed by atoms with Crippen LogP contribution in [0, 0.1) is 0 Å². The second-order valence-electron chi connectivity index (χ2n) is 3.54. The molecule has 0 saturated heterocycles. The third kappa shape index (κ3) is 4.60. The number of benzene rings is 2. The normalized spacial score (nSPS) is 9.26. The van der Waals surface area contributed by atoms with Crippen molar-refractivity contribution < 1.29 is 24.9 Å². The summed E-state index contributed by atoms with van der Waals surface area (Å²) < 4.78 is 0. The Morgan fingerprint density at radius 3 is 2.00 bits per heavy atom. The topological polar surface area (TPSA) is 94.8 Å². The molecule has 0 aromatic heterocycles. The molecule has 0 heterocycles. The number of hydrogen-bond donors (Lipinski definition) is 3. The van der Waals surface area contributed by atoms with Gasteiger partial charge in [0.1, 0.15) is 11.3 Å². The van der Waals surface area contributed by atoms with E-state index in [0.717, 1.165) is 0 Å². The number of carboxylic acids is 2. The van der Waals surface area contributed by atoms with Crippen LogP contribution in [-0.4, -0.2) is 130 Å². The predicted molar refractivity (Wildman–Crippen MR) is 71.0 cm³/mol. The van der Waals surface area contributed by atoms with Crippen molar-refractivity contribution in [2.45, 2.75) is 0 Å². The molecular formula is C12H8K2O5. The molecule has 0 fully saturated rings. The largest absolute Gasteiger partial charge is 0.507 e. The van der Waals surface area contributed by atoms with Crippen LogP contribution in [0.15, 0.2) is 30.3 Å². The van der Waals surface area contributed by atoms with Gasteiger partial charge in [-0.2, -0.15) is 0 Å². The van der Waals surface area contributed by atoms with Gasteiger partial charge in [-0.1, -0.05) is 6.07 Å². The van der Waals surface area contributed by atoms with E-state index in [0.29, 0.717) is 10.8 Å². The van der Waals surface area contributed by atoms with Gasteiger partial charge in [-0.15, -0.1) is 0 Å². The molecular weight excluding hydrogens is 302 g/mol. The van der Waals surface area contributed by atoms with Crippen LogP contribution in [0.2, 0.25) is 0 Å². The van der Waals surface area contributed by atoms with Gasteiger partial charge in [-0.05, 0) is 35.0 Å². The number of aromatic carboxylic acids is 2. The quantitative estimate of drug-likeness (QED) is 0.724. The zero-order valence-corrected chi connectivity index (χ0v) is 16.8. The van der Waals surface area contributed by atoms with Crippen LogP contribution in [-0.2, 0) is 0 Å². The second-order valence-corrected chi connectivity index (χ2v) is 3.54. The van der Waals surface area contributed by atoms with Crippen molar-refractivity contribution >= 4 is 125 Å². The zero-order chi connectivity index (χ0) is 12.6. The molecule has 0 bridgehead atoms. The molecule has 2 radical (unpaired) electrons. The van der Waals surface area contributed by atoms with E-state index in [-0.39, 0.29) is 120 Å². The molecule has 5 nitrogen and oxygen atoms in total.